The molecule has 6 nitrogen and oxygen atoms in total. The van der Waals surface area contributed by atoms with Crippen molar-refractivity contribution < 1.29 is 0 Å². The van der Waals surface area contributed by atoms with Crippen molar-refractivity contribution in [2.45, 2.75) is 31.8 Å². The van der Waals surface area contributed by atoms with Crippen LogP contribution in [0.2, 0.25) is 10.0 Å². The summed E-state index contributed by atoms with van der Waals surface area (Å²) in [5.41, 5.74) is 4.60. The summed E-state index contributed by atoms with van der Waals surface area (Å²) in [6.07, 6.45) is 7.34. The van der Waals surface area contributed by atoms with Gasteiger partial charge in [0.25, 0.3) is 0 Å². The predicted octanol–water partition coefficient (Wildman–Crippen LogP) is 4.22. The number of nitrogens with one attached hydrogen (secondary N) is 1. The van der Waals surface area contributed by atoms with Crippen molar-refractivity contribution in [3.8, 4) is 0 Å². The van der Waals surface area contributed by atoms with Gasteiger partial charge >= 0.3 is 0 Å². The van der Waals surface area contributed by atoms with Crippen molar-refractivity contribution in [3.63, 3.8) is 0 Å². The van der Waals surface area contributed by atoms with Crippen LogP contribution in [-0.4, -0.2) is 45.4 Å². The van der Waals surface area contributed by atoms with Crippen molar-refractivity contribution >= 4 is 48.0 Å². The van der Waals surface area contributed by atoms with Crippen molar-refractivity contribution in [2.24, 2.45) is 0 Å². The Kier molecular flexibility index (Phi) is 6.53. The lowest BCUT2D eigenvalue weighted by Crippen LogP contribution is -2.32. The van der Waals surface area contributed by atoms with Gasteiger partial charge in [-0.25, -0.2) is 4.98 Å². The highest BCUT2D eigenvalue weighted by molar-refractivity contribution is 6.42. The molecule has 0 atom stereocenters. The van der Waals surface area contributed by atoms with Crippen LogP contribution in [0.15, 0.2) is 55.0 Å². The van der Waals surface area contributed by atoms with Crippen LogP contribution in [0.25, 0.3) is 5.65 Å². The Labute approximate surface area is 204 Å². The molecule has 5 rings (SSSR count). The molecule has 1 N–H and O–H groups in total. The van der Waals surface area contributed by atoms with Crippen LogP contribution in [0.5, 0.6) is 0 Å². The van der Waals surface area contributed by atoms with E-state index in [1.54, 1.807) is 16.9 Å². The highest BCUT2D eigenvalue weighted by Gasteiger charge is 2.23. The molecule has 0 spiro atoms. The minimum absolute atomic E-state index is 0.369. The number of rotatable bonds is 6. The quantitative estimate of drug-likeness (QED) is 0.422. The lowest BCUT2D eigenvalue weighted by atomic mass is 9.92. The Morgan fingerprint density at radius 3 is 2.64 bits per heavy atom. The van der Waals surface area contributed by atoms with E-state index >= 15 is 0 Å². The number of hydrogen-bond acceptors (Lipinski definition) is 5. The van der Waals surface area contributed by atoms with Crippen molar-refractivity contribution in [3.05, 3.63) is 81.9 Å². The molecule has 1 aromatic carbocycles. The molecule has 1 aliphatic rings. The number of piperidine rings is 1. The molecule has 4 aromatic rings. The molecule has 4 heterocycles. The smallest absolute Gasteiger partial charge is 0.150 e. The highest BCUT2D eigenvalue weighted by atomic mass is 35.5. The fourth-order valence-corrected chi connectivity index (χ4v) is 4.63. The Bertz CT molecular complexity index is 1250. The second-order valence-corrected chi connectivity index (χ2v) is 9.23. The Balaban J connectivity index is 1.30. The average molecular weight is 477 g/mol. The summed E-state index contributed by atoms with van der Waals surface area (Å²) in [5, 5.41) is 9.08. The van der Waals surface area contributed by atoms with E-state index in [9.17, 15) is 0 Å². The average Bonchev–Trinajstić information content (AvgIpc) is 3.22. The molecule has 2 radical (unpaired) electrons. The van der Waals surface area contributed by atoms with Crippen molar-refractivity contribution in [1.82, 2.24) is 24.5 Å². The number of halogens is 2. The molecule has 0 aliphatic carbocycles. The molecule has 1 fully saturated rings. The first-order valence-electron chi connectivity index (χ1n) is 11.0. The molecule has 166 valence electrons. The summed E-state index contributed by atoms with van der Waals surface area (Å²) in [6.45, 7) is 3.49. The van der Waals surface area contributed by atoms with E-state index in [4.69, 9.17) is 36.0 Å². The van der Waals surface area contributed by atoms with Crippen LogP contribution < -0.4 is 10.8 Å². The van der Waals surface area contributed by atoms with Crippen molar-refractivity contribution in [2.75, 3.05) is 18.4 Å². The SMILES string of the molecule is [B]c1cnn2c(NCc3cccnc3)cc(C3CCN(Cc4ccc(Cl)c(Cl)c4)CC3)nc12. The van der Waals surface area contributed by atoms with E-state index < -0.39 is 0 Å². The van der Waals surface area contributed by atoms with Gasteiger partial charge in [-0.2, -0.15) is 9.61 Å². The van der Waals surface area contributed by atoms with E-state index in [0.717, 1.165) is 49.6 Å². The Morgan fingerprint density at radius 1 is 1.03 bits per heavy atom. The number of aromatic nitrogens is 4. The third-order valence-corrected chi connectivity index (χ3v) is 6.85. The molecular formula is C24H23BCl2N6. The maximum absolute atomic E-state index is 6.18. The van der Waals surface area contributed by atoms with Crippen LogP contribution in [-0.2, 0) is 13.1 Å². The van der Waals surface area contributed by atoms with Gasteiger partial charge in [-0.3, -0.25) is 9.88 Å². The lowest BCUT2D eigenvalue weighted by Gasteiger charge is -2.32. The maximum Gasteiger partial charge on any atom is 0.150 e. The monoisotopic (exact) mass is 476 g/mol. The summed E-state index contributed by atoms with van der Waals surface area (Å²) >= 11 is 12.2. The minimum atomic E-state index is 0.369. The van der Waals surface area contributed by atoms with E-state index in [0.29, 0.717) is 33.6 Å². The summed E-state index contributed by atoms with van der Waals surface area (Å²) in [4.78, 5) is 11.5. The molecule has 0 saturated carbocycles. The van der Waals surface area contributed by atoms with Crippen molar-refractivity contribution in [1.29, 1.82) is 0 Å². The van der Waals surface area contributed by atoms with E-state index in [2.05, 4.69) is 26.4 Å². The number of benzene rings is 1. The Morgan fingerprint density at radius 2 is 1.88 bits per heavy atom. The largest absolute Gasteiger partial charge is 0.366 e. The van der Waals surface area contributed by atoms with Gasteiger partial charge in [0.2, 0.25) is 0 Å². The molecular weight excluding hydrogens is 454 g/mol. The minimum Gasteiger partial charge on any atom is -0.366 e. The Hall–Kier alpha value is -2.61. The van der Waals surface area contributed by atoms with Crippen LogP contribution in [0.4, 0.5) is 5.82 Å². The van der Waals surface area contributed by atoms with E-state index in [1.807, 2.05) is 36.5 Å². The molecule has 33 heavy (non-hydrogen) atoms. The number of hydrogen-bond donors (Lipinski definition) is 1. The van der Waals surface area contributed by atoms with Crippen LogP contribution in [0.1, 0.15) is 35.6 Å². The van der Waals surface area contributed by atoms with Gasteiger partial charge in [0.15, 0.2) is 0 Å². The maximum atomic E-state index is 6.18. The molecule has 0 amide bonds. The van der Waals surface area contributed by atoms with Gasteiger partial charge in [0, 0.05) is 49.4 Å². The summed E-state index contributed by atoms with van der Waals surface area (Å²) in [5.74, 6) is 1.25. The lowest BCUT2D eigenvalue weighted by molar-refractivity contribution is 0.203. The zero-order chi connectivity index (χ0) is 22.8. The first kappa shape index (κ1) is 22.2. The van der Waals surface area contributed by atoms with Gasteiger partial charge in [0.1, 0.15) is 19.3 Å². The molecule has 9 heteroatoms. The standard InChI is InChI=1S/C24H23BCl2N6/c25-19-14-30-33-23(29-13-17-2-1-7-28-12-17)11-22(31-24(19)33)18-5-8-32(9-6-18)15-16-3-4-20(26)21(27)10-16/h1-4,7,10-12,14,18,29H,5-6,8-9,13,15H2. The second-order valence-electron chi connectivity index (χ2n) is 8.42. The summed E-state index contributed by atoms with van der Waals surface area (Å²) < 4.78 is 1.77. The highest BCUT2D eigenvalue weighted by Crippen LogP contribution is 2.30. The van der Waals surface area contributed by atoms with Gasteiger partial charge < -0.3 is 5.32 Å². The number of fused-ring (bicyclic) bond motifs is 1. The fraction of sp³-hybridized carbons (Fsp3) is 0.292. The third kappa shape index (κ3) is 5.00. The van der Waals surface area contributed by atoms with Gasteiger partial charge in [-0.1, -0.05) is 35.3 Å². The van der Waals surface area contributed by atoms with Crippen LogP contribution in [0, 0.1) is 0 Å². The van der Waals surface area contributed by atoms with Crippen LogP contribution >= 0.6 is 23.2 Å². The number of anilines is 1. The first-order valence-corrected chi connectivity index (χ1v) is 11.8. The molecule has 0 bridgehead atoms. The normalized spacial score (nSPS) is 15.2. The third-order valence-electron chi connectivity index (χ3n) is 6.11. The van der Waals surface area contributed by atoms with Gasteiger partial charge in [-0.15, -0.1) is 0 Å². The fourth-order valence-electron chi connectivity index (χ4n) is 4.31. The number of likely N-dealkylation sites (tertiary alicyclic amines) is 1. The summed E-state index contributed by atoms with van der Waals surface area (Å²) in [6, 6.07) is 11.9. The molecule has 1 aliphatic heterocycles. The van der Waals surface area contributed by atoms with E-state index in [-0.39, 0.29) is 0 Å². The second kappa shape index (κ2) is 9.71. The summed E-state index contributed by atoms with van der Waals surface area (Å²) in [7, 11) is 6.17. The zero-order valence-corrected chi connectivity index (χ0v) is 19.6. The molecule has 0 unspecified atom stereocenters. The molecule has 3 aromatic heterocycles. The predicted molar refractivity (Wildman–Crippen MR) is 134 cm³/mol. The topological polar surface area (TPSA) is 58.4 Å². The van der Waals surface area contributed by atoms with E-state index in [1.165, 1.54) is 5.56 Å². The van der Waals surface area contributed by atoms with Crippen LogP contribution in [0.3, 0.4) is 0 Å². The van der Waals surface area contributed by atoms with Gasteiger partial charge in [0.05, 0.1) is 10.0 Å². The van der Waals surface area contributed by atoms with Gasteiger partial charge in [-0.05, 0) is 60.7 Å². The molecule has 1 saturated heterocycles. The first-order chi connectivity index (χ1) is 16.1. The zero-order valence-electron chi connectivity index (χ0n) is 18.1. The number of pyridine rings is 1. The number of nitrogens with zero attached hydrogens (tertiary/aromatic N) is 5.